The van der Waals surface area contributed by atoms with Crippen molar-refractivity contribution in [2.45, 2.75) is 18.9 Å². The fourth-order valence-corrected chi connectivity index (χ4v) is 1.40. The Morgan fingerprint density at radius 1 is 1.80 bits per heavy atom. The SMILES string of the molecule is [CH2-][NH+]1CCC[C@H]1C(=O)NC. The Labute approximate surface area is 61.4 Å². The molecule has 0 aromatic heterocycles. The zero-order valence-corrected chi connectivity index (χ0v) is 6.31. The zero-order chi connectivity index (χ0) is 7.56. The maximum atomic E-state index is 11.1. The largest absolute Gasteiger partial charge is 0.458 e. The van der Waals surface area contributed by atoms with E-state index < -0.39 is 0 Å². The molecule has 0 radical (unpaired) electrons. The number of hydrogen-bond acceptors (Lipinski definition) is 1. The second kappa shape index (κ2) is 3.01. The van der Waals surface area contributed by atoms with Crippen LogP contribution in [0.5, 0.6) is 0 Å². The molecular formula is C7H14N2O. The van der Waals surface area contributed by atoms with Crippen molar-refractivity contribution in [3.63, 3.8) is 0 Å². The van der Waals surface area contributed by atoms with Crippen molar-refractivity contribution in [2.75, 3.05) is 13.6 Å². The summed E-state index contributed by atoms with van der Waals surface area (Å²) < 4.78 is 0. The van der Waals surface area contributed by atoms with E-state index in [1.165, 1.54) is 0 Å². The van der Waals surface area contributed by atoms with Crippen LogP contribution in [0.4, 0.5) is 0 Å². The predicted molar refractivity (Wildman–Crippen MR) is 38.3 cm³/mol. The number of carbonyl (C=O) groups is 1. The lowest BCUT2D eigenvalue weighted by molar-refractivity contribution is -0.856. The highest BCUT2D eigenvalue weighted by molar-refractivity contribution is 5.80. The van der Waals surface area contributed by atoms with Crippen molar-refractivity contribution in [3.8, 4) is 0 Å². The Morgan fingerprint density at radius 2 is 2.50 bits per heavy atom. The third kappa shape index (κ3) is 1.29. The Bertz CT molecular complexity index is 136. The monoisotopic (exact) mass is 142 g/mol. The lowest BCUT2D eigenvalue weighted by Gasteiger charge is -2.20. The summed E-state index contributed by atoms with van der Waals surface area (Å²) in [5, 5.41) is 2.64. The molecule has 1 fully saturated rings. The highest BCUT2D eigenvalue weighted by Crippen LogP contribution is 1.98. The summed E-state index contributed by atoms with van der Waals surface area (Å²) >= 11 is 0. The quantitative estimate of drug-likeness (QED) is 0.432. The van der Waals surface area contributed by atoms with Gasteiger partial charge in [-0.05, 0) is 0 Å². The van der Waals surface area contributed by atoms with E-state index in [0.29, 0.717) is 0 Å². The Balaban J connectivity index is 2.46. The maximum Gasteiger partial charge on any atom is 0.275 e. The molecule has 2 atom stereocenters. The summed E-state index contributed by atoms with van der Waals surface area (Å²) in [7, 11) is 5.52. The van der Waals surface area contributed by atoms with Crippen LogP contribution < -0.4 is 10.2 Å². The zero-order valence-electron chi connectivity index (χ0n) is 6.31. The lowest BCUT2D eigenvalue weighted by atomic mass is 10.2. The molecule has 10 heavy (non-hydrogen) atoms. The summed E-state index contributed by atoms with van der Waals surface area (Å²) in [6.45, 7) is 1.03. The molecule has 0 saturated carbocycles. The van der Waals surface area contributed by atoms with Gasteiger partial charge in [-0.2, -0.15) is 7.05 Å². The number of hydrogen-bond donors (Lipinski definition) is 2. The van der Waals surface area contributed by atoms with Gasteiger partial charge in [0.05, 0.1) is 6.54 Å². The van der Waals surface area contributed by atoms with Crippen molar-refractivity contribution >= 4 is 5.91 Å². The minimum Gasteiger partial charge on any atom is -0.458 e. The summed E-state index contributed by atoms with van der Waals surface area (Å²) in [4.78, 5) is 12.1. The smallest absolute Gasteiger partial charge is 0.275 e. The molecule has 1 aliphatic rings. The van der Waals surface area contributed by atoms with E-state index in [1.807, 2.05) is 0 Å². The Morgan fingerprint density at radius 3 is 2.90 bits per heavy atom. The van der Waals surface area contributed by atoms with Crippen molar-refractivity contribution in [2.24, 2.45) is 0 Å². The molecule has 0 aromatic rings. The molecule has 1 rings (SSSR count). The van der Waals surface area contributed by atoms with Crippen LogP contribution in [0.15, 0.2) is 0 Å². The van der Waals surface area contributed by atoms with Gasteiger partial charge in [-0.3, -0.25) is 4.79 Å². The fraction of sp³-hybridized carbons (Fsp3) is 0.714. The summed E-state index contributed by atoms with van der Waals surface area (Å²) in [5.74, 6) is 0.127. The molecule has 0 aromatic carbocycles. The number of likely N-dealkylation sites (N-methyl/N-ethyl adjacent to an activating group) is 1. The van der Waals surface area contributed by atoms with Crippen LogP contribution in [-0.4, -0.2) is 25.5 Å². The van der Waals surface area contributed by atoms with Crippen molar-refractivity contribution in [3.05, 3.63) is 7.05 Å². The van der Waals surface area contributed by atoms with Gasteiger partial charge < -0.3 is 10.2 Å². The predicted octanol–water partition coefficient (Wildman–Crippen LogP) is -1.43. The number of carbonyl (C=O) groups excluding carboxylic acids is 1. The lowest BCUT2D eigenvalue weighted by Crippen LogP contribution is -3.10. The average molecular weight is 142 g/mol. The van der Waals surface area contributed by atoms with Gasteiger partial charge in [0.15, 0.2) is 0 Å². The van der Waals surface area contributed by atoms with Gasteiger partial charge in [0.25, 0.3) is 5.91 Å². The topological polar surface area (TPSA) is 33.5 Å². The molecule has 1 unspecified atom stereocenters. The molecule has 2 N–H and O–H groups in total. The van der Waals surface area contributed by atoms with Crippen molar-refractivity contribution < 1.29 is 9.69 Å². The van der Waals surface area contributed by atoms with Gasteiger partial charge >= 0.3 is 0 Å². The second-order valence-corrected chi connectivity index (χ2v) is 2.72. The molecule has 0 aliphatic carbocycles. The van der Waals surface area contributed by atoms with Crippen LogP contribution >= 0.6 is 0 Å². The first-order chi connectivity index (χ1) is 4.75. The standard InChI is InChI=1S/C7H14N2O/c1-8-7(10)6-4-3-5-9(6)2/h6,9H,2-5H2,1H3,(H,8,10)/t6-/m0/s1. The van der Waals surface area contributed by atoms with Crippen molar-refractivity contribution in [1.82, 2.24) is 5.32 Å². The molecule has 58 valence electrons. The molecule has 3 heteroatoms. The highest BCUT2D eigenvalue weighted by Gasteiger charge is 2.27. The molecule has 1 heterocycles. The second-order valence-electron chi connectivity index (χ2n) is 2.72. The number of amides is 1. The Kier molecular flexibility index (Phi) is 2.27. The molecule has 0 bridgehead atoms. The van der Waals surface area contributed by atoms with Crippen LogP contribution in [0.3, 0.4) is 0 Å². The van der Waals surface area contributed by atoms with Gasteiger partial charge in [-0.25, -0.2) is 0 Å². The molecular weight excluding hydrogens is 128 g/mol. The first-order valence-electron chi connectivity index (χ1n) is 3.65. The van der Waals surface area contributed by atoms with Gasteiger partial charge in [-0.1, -0.05) is 0 Å². The molecule has 1 aliphatic heterocycles. The van der Waals surface area contributed by atoms with Gasteiger partial charge in [0, 0.05) is 19.9 Å². The first kappa shape index (κ1) is 7.54. The van der Waals surface area contributed by atoms with Gasteiger partial charge in [0.2, 0.25) is 0 Å². The summed E-state index contributed by atoms with van der Waals surface area (Å²) in [6.07, 6.45) is 2.11. The first-order valence-corrected chi connectivity index (χ1v) is 3.65. The number of quaternary nitrogens is 1. The normalized spacial score (nSPS) is 32.2. The van der Waals surface area contributed by atoms with E-state index >= 15 is 0 Å². The highest BCUT2D eigenvalue weighted by atomic mass is 16.2. The third-order valence-corrected chi connectivity index (χ3v) is 2.05. The number of rotatable bonds is 1. The molecule has 1 amide bonds. The van der Waals surface area contributed by atoms with Crippen LogP contribution in [0.2, 0.25) is 0 Å². The van der Waals surface area contributed by atoms with E-state index in [2.05, 4.69) is 12.4 Å². The number of nitrogens with one attached hydrogen (secondary N) is 2. The van der Waals surface area contributed by atoms with Crippen LogP contribution in [0, 0.1) is 7.05 Å². The maximum absolute atomic E-state index is 11.1. The molecule has 1 saturated heterocycles. The van der Waals surface area contributed by atoms with Crippen LogP contribution in [-0.2, 0) is 4.79 Å². The third-order valence-electron chi connectivity index (χ3n) is 2.05. The van der Waals surface area contributed by atoms with Crippen LogP contribution in [0.25, 0.3) is 0 Å². The fourth-order valence-electron chi connectivity index (χ4n) is 1.40. The van der Waals surface area contributed by atoms with E-state index in [0.717, 1.165) is 24.3 Å². The Hall–Kier alpha value is -0.570. The van der Waals surface area contributed by atoms with Crippen LogP contribution in [0.1, 0.15) is 12.8 Å². The van der Waals surface area contributed by atoms with E-state index in [1.54, 1.807) is 7.05 Å². The average Bonchev–Trinajstić information content (AvgIpc) is 2.34. The summed E-state index contributed by atoms with van der Waals surface area (Å²) in [5.41, 5.74) is 0. The van der Waals surface area contributed by atoms with Crippen molar-refractivity contribution in [1.29, 1.82) is 0 Å². The summed E-state index contributed by atoms with van der Waals surface area (Å²) in [6, 6.07) is 0.102. The number of likely N-dealkylation sites (tertiary alicyclic amines) is 1. The van der Waals surface area contributed by atoms with E-state index in [9.17, 15) is 4.79 Å². The van der Waals surface area contributed by atoms with Gasteiger partial charge in [0.1, 0.15) is 6.04 Å². The molecule has 0 spiro atoms. The minimum absolute atomic E-state index is 0.102. The molecule has 3 nitrogen and oxygen atoms in total. The minimum atomic E-state index is 0.102. The van der Waals surface area contributed by atoms with E-state index in [-0.39, 0.29) is 11.9 Å². The van der Waals surface area contributed by atoms with Gasteiger partial charge in [-0.15, -0.1) is 0 Å². The van der Waals surface area contributed by atoms with E-state index in [4.69, 9.17) is 0 Å².